The van der Waals surface area contributed by atoms with Gasteiger partial charge in [-0.3, -0.25) is 4.79 Å². The number of rotatable bonds is 7. The number of amides is 1. The Balaban J connectivity index is 1.64. The molecule has 0 aliphatic carbocycles. The van der Waals surface area contributed by atoms with Gasteiger partial charge in [-0.15, -0.1) is 11.3 Å². The van der Waals surface area contributed by atoms with Gasteiger partial charge < -0.3 is 4.74 Å². The van der Waals surface area contributed by atoms with Crippen molar-refractivity contribution in [3.8, 4) is 5.75 Å². The van der Waals surface area contributed by atoms with Crippen molar-refractivity contribution in [3.63, 3.8) is 0 Å². The number of benzene rings is 2. The van der Waals surface area contributed by atoms with Gasteiger partial charge in [0.25, 0.3) is 5.91 Å². The van der Waals surface area contributed by atoms with E-state index in [-0.39, 0.29) is 12.5 Å². The van der Waals surface area contributed by atoms with Crippen molar-refractivity contribution >= 4 is 35.1 Å². The van der Waals surface area contributed by atoms with Crippen molar-refractivity contribution in [1.29, 1.82) is 0 Å². The summed E-state index contributed by atoms with van der Waals surface area (Å²) in [5, 5.41) is 6.17. The van der Waals surface area contributed by atoms with Gasteiger partial charge in [0.05, 0.1) is 16.8 Å². The third-order valence-corrected chi connectivity index (χ3v) is 5.72. The number of halogens is 2. The van der Waals surface area contributed by atoms with Crippen molar-refractivity contribution in [2.24, 2.45) is 5.10 Å². The summed E-state index contributed by atoms with van der Waals surface area (Å²) in [5.74, 6) is 0.293. The first-order valence-corrected chi connectivity index (χ1v) is 10.3. The van der Waals surface area contributed by atoms with Crippen LogP contribution in [0.1, 0.15) is 46.1 Å². The number of ether oxygens (including phenoxy) is 1. The summed E-state index contributed by atoms with van der Waals surface area (Å²) in [5.41, 5.74) is 4.49. The summed E-state index contributed by atoms with van der Waals surface area (Å²) in [4.78, 5) is 13.4. The molecule has 0 atom stereocenters. The minimum atomic E-state index is -0.395. The number of hydrogen-bond acceptors (Lipinski definition) is 4. The Morgan fingerprint density at radius 1 is 1.28 bits per heavy atom. The molecular weight excluding hydrogens is 411 g/mol. The van der Waals surface area contributed by atoms with Gasteiger partial charge in [-0.05, 0) is 36.2 Å². The van der Waals surface area contributed by atoms with Crippen molar-refractivity contribution < 1.29 is 13.9 Å². The highest BCUT2D eigenvalue weighted by Gasteiger charge is 2.10. The molecule has 0 radical (unpaired) electrons. The summed E-state index contributed by atoms with van der Waals surface area (Å²) < 4.78 is 19.0. The Morgan fingerprint density at radius 3 is 2.79 bits per heavy atom. The Kier molecular flexibility index (Phi) is 7.01. The maximum absolute atomic E-state index is 13.2. The van der Waals surface area contributed by atoms with E-state index in [1.165, 1.54) is 18.3 Å². The quantitative estimate of drug-likeness (QED) is 0.368. The first-order valence-electron chi connectivity index (χ1n) is 9.01. The second-order valence-electron chi connectivity index (χ2n) is 6.65. The Morgan fingerprint density at radius 2 is 2.07 bits per heavy atom. The molecule has 0 fully saturated rings. The van der Waals surface area contributed by atoms with Crippen LogP contribution in [0.5, 0.6) is 5.75 Å². The fraction of sp³-hybridized carbons (Fsp3) is 0.182. The molecule has 1 heterocycles. The van der Waals surface area contributed by atoms with Gasteiger partial charge in [-0.1, -0.05) is 43.6 Å². The van der Waals surface area contributed by atoms with Crippen LogP contribution in [0.15, 0.2) is 59.0 Å². The third kappa shape index (κ3) is 5.65. The van der Waals surface area contributed by atoms with Gasteiger partial charge in [0.1, 0.15) is 18.2 Å². The molecule has 0 aliphatic heterocycles. The van der Waals surface area contributed by atoms with Crippen molar-refractivity contribution in [2.45, 2.75) is 26.4 Å². The van der Waals surface area contributed by atoms with E-state index in [4.69, 9.17) is 16.3 Å². The second-order valence-corrected chi connectivity index (χ2v) is 8.00. The molecule has 0 spiro atoms. The van der Waals surface area contributed by atoms with Gasteiger partial charge in [-0.2, -0.15) is 5.10 Å². The summed E-state index contributed by atoms with van der Waals surface area (Å²) >= 11 is 7.60. The van der Waals surface area contributed by atoms with E-state index in [1.54, 1.807) is 23.5 Å². The zero-order valence-electron chi connectivity index (χ0n) is 16.0. The van der Waals surface area contributed by atoms with Crippen LogP contribution in [0.4, 0.5) is 4.39 Å². The molecule has 150 valence electrons. The summed E-state index contributed by atoms with van der Waals surface area (Å²) in [6.45, 7) is 4.35. The summed E-state index contributed by atoms with van der Waals surface area (Å²) in [6, 6.07) is 13.3. The van der Waals surface area contributed by atoms with Gasteiger partial charge in [0.2, 0.25) is 0 Å². The lowest BCUT2D eigenvalue weighted by atomic mass is 10.1. The van der Waals surface area contributed by atoms with E-state index < -0.39 is 5.82 Å². The van der Waals surface area contributed by atoms with Gasteiger partial charge in [0, 0.05) is 21.4 Å². The first kappa shape index (κ1) is 21.0. The zero-order chi connectivity index (χ0) is 20.8. The maximum Gasteiger partial charge on any atom is 0.272 e. The van der Waals surface area contributed by atoms with Crippen molar-refractivity contribution in [1.82, 2.24) is 5.43 Å². The topological polar surface area (TPSA) is 50.7 Å². The molecule has 29 heavy (non-hydrogen) atoms. The van der Waals surface area contributed by atoms with Crippen LogP contribution in [0, 0.1) is 5.82 Å². The fourth-order valence-corrected chi connectivity index (χ4v) is 3.64. The lowest BCUT2D eigenvalue weighted by Crippen LogP contribution is -2.16. The monoisotopic (exact) mass is 430 g/mol. The maximum atomic E-state index is 13.2. The van der Waals surface area contributed by atoms with Crippen molar-refractivity contribution in [3.05, 3.63) is 86.3 Å². The average molecular weight is 431 g/mol. The minimum absolute atomic E-state index is 0.184. The largest absolute Gasteiger partial charge is 0.488 e. The van der Waals surface area contributed by atoms with E-state index in [9.17, 15) is 9.18 Å². The molecule has 0 unspecified atom stereocenters. The van der Waals surface area contributed by atoms with Crippen LogP contribution in [-0.2, 0) is 6.61 Å². The van der Waals surface area contributed by atoms with Crippen LogP contribution < -0.4 is 10.2 Å². The Bertz CT molecular complexity index is 1030. The van der Waals surface area contributed by atoms with Crippen molar-refractivity contribution in [2.75, 3.05) is 0 Å². The second kappa shape index (κ2) is 9.67. The zero-order valence-corrected chi connectivity index (χ0v) is 17.6. The molecule has 1 aromatic heterocycles. The lowest BCUT2D eigenvalue weighted by molar-refractivity contribution is 0.0955. The van der Waals surface area contributed by atoms with Crippen LogP contribution in [0.3, 0.4) is 0 Å². The Labute approximate surface area is 178 Å². The number of nitrogens with one attached hydrogen (secondary N) is 1. The molecule has 0 bridgehead atoms. The predicted molar refractivity (Wildman–Crippen MR) is 116 cm³/mol. The van der Waals surface area contributed by atoms with Crippen LogP contribution in [0.2, 0.25) is 5.02 Å². The summed E-state index contributed by atoms with van der Waals surface area (Å²) in [7, 11) is 0. The molecule has 1 amide bonds. The molecule has 3 aromatic rings. The van der Waals surface area contributed by atoms with Gasteiger partial charge in [0.15, 0.2) is 0 Å². The summed E-state index contributed by atoms with van der Waals surface area (Å²) in [6.07, 6.45) is 1.52. The number of carbonyl (C=O) groups excluding carboxylic acids is 1. The third-order valence-electron chi connectivity index (χ3n) is 4.14. The van der Waals surface area contributed by atoms with E-state index in [0.717, 1.165) is 4.88 Å². The molecule has 4 nitrogen and oxygen atoms in total. The van der Waals surface area contributed by atoms with E-state index in [0.29, 0.717) is 33.4 Å². The van der Waals surface area contributed by atoms with E-state index in [1.807, 2.05) is 29.6 Å². The standard InChI is InChI=1S/C22H20ClFN2O2S/c1-14(2)21-9-17(13-29-21)22(27)26-25-11-15-5-3-4-6-20(15)28-12-16-7-8-18(24)10-19(16)23/h3-11,13-14H,12H2,1-2H3,(H,26,27)/b25-11+. The first-order chi connectivity index (χ1) is 13.9. The molecular formula is C22H20ClFN2O2S. The van der Waals surface area contributed by atoms with E-state index in [2.05, 4.69) is 24.4 Å². The highest BCUT2D eigenvalue weighted by atomic mass is 35.5. The number of thiophene rings is 1. The molecule has 2 aromatic carbocycles. The number of para-hydroxylation sites is 1. The molecule has 0 saturated heterocycles. The molecule has 1 N–H and O–H groups in total. The normalized spacial score (nSPS) is 11.2. The molecule has 0 aliphatic rings. The average Bonchev–Trinajstić information content (AvgIpc) is 3.19. The van der Waals surface area contributed by atoms with Crippen LogP contribution >= 0.6 is 22.9 Å². The number of carbonyl (C=O) groups is 1. The number of hydrazone groups is 1. The molecule has 0 saturated carbocycles. The van der Waals surface area contributed by atoms with Crippen LogP contribution in [-0.4, -0.2) is 12.1 Å². The smallest absolute Gasteiger partial charge is 0.272 e. The SMILES string of the molecule is CC(C)c1cc(C(=O)N/N=C/c2ccccc2OCc2ccc(F)cc2Cl)cs1. The highest BCUT2D eigenvalue weighted by molar-refractivity contribution is 7.10. The van der Waals surface area contributed by atoms with E-state index >= 15 is 0 Å². The van der Waals surface area contributed by atoms with Gasteiger partial charge >= 0.3 is 0 Å². The highest BCUT2D eigenvalue weighted by Crippen LogP contribution is 2.23. The van der Waals surface area contributed by atoms with Crippen LogP contribution in [0.25, 0.3) is 0 Å². The number of nitrogens with zero attached hydrogens (tertiary/aromatic N) is 1. The fourth-order valence-electron chi connectivity index (χ4n) is 2.51. The molecule has 7 heteroatoms. The van der Waals surface area contributed by atoms with Gasteiger partial charge in [-0.25, -0.2) is 9.82 Å². The minimum Gasteiger partial charge on any atom is -0.488 e. The molecule has 3 rings (SSSR count). The predicted octanol–water partition coefficient (Wildman–Crippen LogP) is 6.01. The number of hydrogen-bond donors (Lipinski definition) is 1. The Hall–Kier alpha value is -2.70. The lowest BCUT2D eigenvalue weighted by Gasteiger charge is -2.10.